The van der Waals surface area contributed by atoms with E-state index >= 15 is 0 Å². The van der Waals surface area contributed by atoms with Gasteiger partial charge in [0.1, 0.15) is 17.2 Å². The number of benzene rings is 2. The summed E-state index contributed by atoms with van der Waals surface area (Å²) in [6.07, 6.45) is 0. The zero-order chi connectivity index (χ0) is 13.8. The maximum atomic E-state index is 8.77. The molecule has 2 aromatic carbocycles. The van der Waals surface area contributed by atoms with Crippen LogP contribution in [0, 0.1) is 11.3 Å². The van der Waals surface area contributed by atoms with Crippen LogP contribution in [-0.4, -0.2) is 7.11 Å². The molecule has 0 atom stereocenters. The standard InChI is InChI=1S/C14H9BrClNO2/c1-18-10-3-5-13(11(15)7-10)19-14-4-2-9(8-17)6-12(14)16/h2-7H,1H3. The van der Waals surface area contributed by atoms with Crippen molar-refractivity contribution in [1.82, 2.24) is 0 Å². The largest absolute Gasteiger partial charge is 0.497 e. The molecule has 0 fully saturated rings. The number of rotatable bonds is 3. The van der Waals surface area contributed by atoms with Gasteiger partial charge in [-0.2, -0.15) is 5.26 Å². The zero-order valence-electron chi connectivity index (χ0n) is 9.98. The maximum Gasteiger partial charge on any atom is 0.146 e. The highest BCUT2D eigenvalue weighted by molar-refractivity contribution is 9.10. The number of methoxy groups -OCH3 is 1. The summed E-state index contributed by atoms with van der Waals surface area (Å²) in [6, 6.07) is 12.3. The van der Waals surface area contributed by atoms with Crippen molar-refractivity contribution in [2.24, 2.45) is 0 Å². The first-order valence-electron chi connectivity index (χ1n) is 5.35. The Kier molecular flexibility index (Phi) is 4.31. The molecule has 0 aromatic heterocycles. The predicted molar refractivity (Wildman–Crippen MR) is 76.9 cm³/mol. The molecular weight excluding hydrogens is 330 g/mol. The van der Waals surface area contributed by atoms with E-state index in [9.17, 15) is 0 Å². The lowest BCUT2D eigenvalue weighted by Gasteiger charge is -2.10. The molecule has 2 aromatic rings. The molecule has 3 nitrogen and oxygen atoms in total. The summed E-state index contributed by atoms with van der Waals surface area (Å²) in [5.41, 5.74) is 0.492. The molecular formula is C14H9BrClNO2. The highest BCUT2D eigenvalue weighted by atomic mass is 79.9. The predicted octanol–water partition coefficient (Wildman–Crippen LogP) is 4.78. The molecule has 0 aliphatic heterocycles. The molecule has 0 heterocycles. The average Bonchev–Trinajstić information content (AvgIpc) is 2.42. The molecule has 0 unspecified atom stereocenters. The molecule has 0 amide bonds. The van der Waals surface area contributed by atoms with E-state index in [0.717, 1.165) is 10.2 Å². The average molecular weight is 339 g/mol. The van der Waals surface area contributed by atoms with Crippen LogP contribution in [0.5, 0.6) is 17.2 Å². The molecule has 5 heteroatoms. The third kappa shape index (κ3) is 3.19. The lowest BCUT2D eigenvalue weighted by atomic mass is 10.2. The van der Waals surface area contributed by atoms with E-state index in [-0.39, 0.29) is 0 Å². The first kappa shape index (κ1) is 13.7. The summed E-state index contributed by atoms with van der Waals surface area (Å²) >= 11 is 9.45. The summed E-state index contributed by atoms with van der Waals surface area (Å²) in [5, 5.41) is 9.16. The van der Waals surface area contributed by atoms with E-state index in [1.807, 2.05) is 6.07 Å². The monoisotopic (exact) mass is 337 g/mol. The highest BCUT2D eigenvalue weighted by Gasteiger charge is 2.08. The van der Waals surface area contributed by atoms with Gasteiger partial charge in [-0.15, -0.1) is 0 Å². The number of nitriles is 1. The number of halogens is 2. The van der Waals surface area contributed by atoms with Crippen molar-refractivity contribution in [2.75, 3.05) is 7.11 Å². The van der Waals surface area contributed by atoms with Crippen LogP contribution in [0.3, 0.4) is 0 Å². The Balaban J connectivity index is 2.29. The highest BCUT2D eigenvalue weighted by Crippen LogP contribution is 2.35. The van der Waals surface area contributed by atoms with Gasteiger partial charge in [0.15, 0.2) is 0 Å². The van der Waals surface area contributed by atoms with E-state index in [0.29, 0.717) is 22.1 Å². The Morgan fingerprint density at radius 2 is 1.89 bits per heavy atom. The van der Waals surface area contributed by atoms with E-state index in [1.165, 1.54) is 0 Å². The summed E-state index contributed by atoms with van der Waals surface area (Å²) in [6.45, 7) is 0. The molecule has 0 aliphatic rings. The van der Waals surface area contributed by atoms with Crippen molar-refractivity contribution in [3.63, 3.8) is 0 Å². The van der Waals surface area contributed by atoms with Gasteiger partial charge in [0.05, 0.1) is 28.2 Å². The fourth-order valence-corrected chi connectivity index (χ4v) is 2.12. The third-order valence-corrected chi connectivity index (χ3v) is 3.34. The van der Waals surface area contributed by atoms with Crippen molar-refractivity contribution in [1.29, 1.82) is 5.26 Å². The zero-order valence-corrected chi connectivity index (χ0v) is 12.3. The van der Waals surface area contributed by atoms with Crippen molar-refractivity contribution >= 4 is 27.5 Å². The second-order valence-electron chi connectivity index (χ2n) is 3.66. The Bertz CT molecular complexity index is 652. The minimum absolute atomic E-state index is 0.391. The SMILES string of the molecule is COc1ccc(Oc2ccc(C#N)cc2Cl)c(Br)c1. The van der Waals surface area contributed by atoms with Gasteiger partial charge in [0.2, 0.25) is 0 Å². The molecule has 0 N–H and O–H groups in total. The van der Waals surface area contributed by atoms with E-state index in [2.05, 4.69) is 15.9 Å². The Morgan fingerprint density at radius 3 is 2.47 bits per heavy atom. The maximum absolute atomic E-state index is 8.77. The summed E-state index contributed by atoms with van der Waals surface area (Å²) in [5.74, 6) is 1.84. The minimum Gasteiger partial charge on any atom is -0.497 e. The van der Waals surface area contributed by atoms with Crippen LogP contribution in [0.4, 0.5) is 0 Å². The number of hydrogen-bond acceptors (Lipinski definition) is 3. The van der Waals surface area contributed by atoms with Crippen LogP contribution < -0.4 is 9.47 Å². The Hall–Kier alpha value is -1.70. The summed E-state index contributed by atoms with van der Waals surface area (Å²) < 4.78 is 11.6. The molecule has 0 bridgehead atoms. The fourth-order valence-electron chi connectivity index (χ4n) is 1.46. The summed E-state index contributed by atoms with van der Waals surface area (Å²) in [7, 11) is 1.60. The van der Waals surface area contributed by atoms with Gasteiger partial charge in [0.25, 0.3) is 0 Å². The second-order valence-corrected chi connectivity index (χ2v) is 4.92. The molecule has 0 saturated carbocycles. The smallest absolute Gasteiger partial charge is 0.146 e. The quantitative estimate of drug-likeness (QED) is 0.809. The molecule has 96 valence electrons. The first-order chi connectivity index (χ1) is 9.13. The molecule has 2 rings (SSSR count). The van der Waals surface area contributed by atoms with E-state index < -0.39 is 0 Å². The van der Waals surface area contributed by atoms with E-state index in [4.69, 9.17) is 26.3 Å². The number of nitrogens with zero attached hydrogens (tertiary/aromatic N) is 1. The van der Waals surface area contributed by atoms with Crippen molar-refractivity contribution in [3.8, 4) is 23.3 Å². The molecule has 19 heavy (non-hydrogen) atoms. The third-order valence-electron chi connectivity index (χ3n) is 2.42. The topological polar surface area (TPSA) is 42.2 Å². The minimum atomic E-state index is 0.391. The normalized spacial score (nSPS) is 9.79. The van der Waals surface area contributed by atoms with Gasteiger partial charge < -0.3 is 9.47 Å². The van der Waals surface area contributed by atoms with Crippen LogP contribution in [0.25, 0.3) is 0 Å². The lowest BCUT2D eigenvalue weighted by molar-refractivity contribution is 0.412. The van der Waals surface area contributed by atoms with Crippen LogP contribution in [0.1, 0.15) is 5.56 Å². The summed E-state index contributed by atoms with van der Waals surface area (Å²) in [4.78, 5) is 0. The number of ether oxygens (including phenoxy) is 2. The van der Waals surface area contributed by atoms with Gasteiger partial charge in [0, 0.05) is 0 Å². The fraction of sp³-hybridized carbons (Fsp3) is 0.0714. The van der Waals surface area contributed by atoms with Gasteiger partial charge >= 0.3 is 0 Å². The van der Waals surface area contributed by atoms with Crippen LogP contribution in [0.2, 0.25) is 5.02 Å². The van der Waals surface area contributed by atoms with E-state index in [1.54, 1.807) is 43.5 Å². The van der Waals surface area contributed by atoms with Crippen LogP contribution >= 0.6 is 27.5 Å². The van der Waals surface area contributed by atoms with Gasteiger partial charge in [-0.1, -0.05) is 11.6 Å². The molecule has 0 aliphatic carbocycles. The van der Waals surface area contributed by atoms with Crippen molar-refractivity contribution in [3.05, 3.63) is 51.5 Å². The molecule has 0 spiro atoms. The van der Waals surface area contributed by atoms with Crippen LogP contribution in [-0.2, 0) is 0 Å². The van der Waals surface area contributed by atoms with Gasteiger partial charge in [-0.25, -0.2) is 0 Å². The molecule has 0 radical (unpaired) electrons. The van der Waals surface area contributed by atoms with Crippen molar-refractivity contribution in [2.45, 2.75) is 0 Å². The van der Waals surface area contributed by atoms with Crippen molar-refractivity contribution < 1.29 is 9.47 Å². The Labute approximate surface area is 124 Å². The van der Waals surface area contributed by atoms with Gasteiger partial charge in [-0.05, 0) is 52.3 Å². The Morgan fingerprint density at radius 1 is 1.16 bits per heavy atom. The lowest BCUT2D eigenvalue weighted by Crippen LogP contribution is -1.89. The second kappa shape index (κ2) is 5.96. The molecule has 0 saturated heterocycles. The van der Waals surface area contributed by atoms with Crippen LogP contribution in [0.15, 0.2) is 40.9 Å². The number of hydrogen-bond donors (Lipinski definition) is 0. The van der Waals surface area contributed by atoms with Gasteiger partial charge in [-0.3, -0.25) is 0 Å². The first-order valence-corrected chi connectivity index (χ1v) is 6.52.